The molecule has 0 heterocycles. The molecule has 1 N–H and O–H groups in total. The predicted molar refractivity (Wildman–Crippen MR) is 117 cm³/mol. The number of hydrogen-bond acceptors (Lipinski definition) is 3. The Labute approximate surface area is 176 Å². The second-order valence-electron chi connectivity index (χ2n) is 6.45. The molecule has 2 rings (SSSR count). The molecule has 0 spiro atoms. The number of halogens is 1. The van der Waals surface area contributed by atoms with E-state index in [0.29, 0.717) is 19.4 Å². The van der Waals surface area contributed by atoms with Gasteiger partial charge in [0.1, 0.15) is 6.04 Å². The first-order valence-electron chi connectivity index (χ1n) is 9.48. The zero-order valence-electron chi connectivity index (χ0n) is 16.4. The normalized spacial score (nSPS) is 11.7. The van der Waals surface area contributed by atoms with Gasteiger partial charge in [0.15, 0.2) is 0 Å². The van der Waals surface area contributed by atoms with Crippen LogP contribution in [0.5, 0.6) is 0 Å². The lowest BCUT2D eigenvalue weighted by atomic mass is 10.1. The molecule has 150 valence electrons. The molecule has 2 aromatic carbocycles. The molecule has 0 saturated carbocycles. The lowest BCUT2D eigenvalue weighted by Gasteiger charge is -2.30. The van der Waals surface area contributed by atoms with Crippen molar-refractivity contribution in [3.8, 4) is 0 Å². The van der Waals surface area contributed by atoms with Gasteiger partial charge < -0.3 is 10.2 Å². The molecule has 0 aliphatic rings. The number of hydrogen-bond donors (Lipinski definition) is 1. The maximum atomic E-state index is 12.9. The van der Waals surface area contributed by atoms with Gasteiger partial charge >= 0.3 is 0 Å². The van der Waals surface area contributed by atoms with E-state index < -0.39 is 6.04 Å². The maximum absolute atomic E-state index is 12.9. The Morgan fingerprint density at radius 2 is 1.79 bits per heavy atom. The third-order valence-corrected chi connectivity index (χ3v) is 5.80. The van der Waals surface area contributed by atoms with Crippen LogP contribution in [0, 0.1) is 0 Å². The Hall–Kier alpha value is -1.98. The van der Waals surface area contributed by atoms with Crippen LogP contribution in [-0.2, 0) is 16.1 Å². The van der Waals surface area contributed by atoms with Crippen molar-refractivity contribution in [2.24, 2.45) is 0 Å². The van der Waals surface area contributed by atoms with Gasteiger partial charge in [-0.3, -0.25) is 9.59 Å². The second kappa shape index (κ2) is 11.8. The van der Waals surface area contributed by atoms with Gasteiger partial charge in [0, 0.05) is 29.9 Å². The Kier molecular flexibility index (Phi) is 9.38. The summed E-state index contributed by atoms with van der Waals surface area (Å²) in [5, 5.41) is 3.40. The molecule has 0 aromatic heterocycles. The van der Waals surface area contributed by atoms with Crippen LogP contribution in [-0.4, -0.2) is 35.6 Å². The van der Waals surface area contributed by atoms with E-state index in [0.717, 1.165) is 27.7 Å². The van der Waals surface area contributed by atoms with Crippen molar-refractivity contribution in [1.29, 1.82) is 0 Å². The minimum Gasteiger partial charge on any atom is -0.357 e. The van der Waals surface area contributed by atoms with Crippen LogP contribution in [0.2, 0.25) is 5.02 Å². The molecule has 0 aliphatic heterocycles. The molecule has 0 fully saturated rings. The van der Waals surface area contributed by atoms with Gasteiger partial charge in [0.25, 0.3) is 0 Å². The first kappa shape index (κ1) is 22.3. The quantitative estimate of drug-likeness (QED) is 0.446. The van der Waals surface area contributed by atoms with Gasteiger partial charge in [-0.25, -0.2) is 0 Å². The number of likely N-dealkylation sites (N-methyl/N-ethyl adjacent to an activating group) is 1. The highest BCUT2D eigenvalue weighted by molar-refractivity contribution is 7.99. The highest BCUT2D eigenvalue weighted by Gasteiger charge is 2.27. The number of carbonyl (C=O) groups excluding carboxylic acids is 2. The monoisotopic (exact) mass is 418 g/mol. The summed E-state index contributed by atoms with van der Waals surface area (Å²) in [4.78, 5) is 28.1. The van der Waals surface area contributed by atoms with Crippen LogP contribution in [0.1, 0.15) is 31.7 Å². The number of benzene rings is 2. The summed E-state index contributed by atoms with van der Waals surface area (Å²) in [5.74, 6) is 0.724. The Bertz CT molecular complexity index is 753. The predicted octanol–water partition coefficient (Wildman–Crippen LogP) is 4.77. The van der Waals surface area contributed by atoms with Crippen LogP contribution in [0.25, 0.3) is 0 Å². The smallest absolute Gasteiger partial charge is 0.242 e. The number of rotatable bonds is 10. The van der Waals surface area contributed by atoms with Crippen LogP contribution in [0.15, 0.2) is 59.5 Å². The summed E-state index contributed by atoms with van der Waals surface area (Å²) in [6.45, 7) is 2.37. The SMILES string of the molecule is CC[C@H](C(=O)NC)N(Cc1ccccc1)C(=O)CCCSc1ccc(Cl)cc1. The van der Waals surface area contributed by atoms with E-state index in [-0.39, 0.29) is 11.8 Å². The van der Waals surface area contributed by atoms with Crippen molar-refractivity contribution < 1.29 is 9.59 Å². The largest absolute Gasteiger partial charge is 0.357 e. The maximum Gasteiger partial charge on any atom is 0.242 e. The van der Waals surface area contributed by atoms with Gasteiger partial charge in [-0.1, -0.05) is 48.9 Å². The van der Waals surface area contributed by atoms with Crippen molar-refractivity contribution in [2.75, 3.05) is 12.8 Å². The van der Waals surface area contributed by atoms with E-state index in [9.17, 15) is 9.59 Å². The first-order chi connectivity index (χ1) is 13.5. The molecule has 0 unspecified atom stereocenters. The molecule has 28 heavy (non-hydrogen) atoms. The molecular formula is C22H27ClN2O2S. The average Bonchev–Trinajstić information content (AvgIpc) is 2.72. The molecule has 2 aromatic rings. The zero-order chi connectivity index (χ0) is 20.4. The van der Waals surface area contributed by atoms with Crippen LogP contribution >= 0.6 is 23.4 Å². The lowest BCUT2D eigenvalue weighted by Crippen LogP contribution is -2.48. The Balaban J connectivity index is 1.97. The van der Waals surface area contributed by atoms with Crippen molar-refractivity contribution in [1.82, 2.24) is 10.2 Å². The minimum atomic E-state index is -0.457. The summed E-state index contributed by atoms with van der Waals surface area (Å²) in [5.41, 5.74) is 1.02. The van der Waals surface area contributed by atoms with Crippen molar-refractivity contribution >= 4 is 35.2 Å². The standard InChI is InChI=1S/C22H27ClN2O2S/c1-3-20(22(27)24-2)25(16-17-8-5-4-6-9-17)21(26)10-7-15-28-19-13-11-18(23)12-14-19/h4-6,8-9,11-14,20H,3,7,10,15-16H2,1-2H3,(H,24,27)/t20-/m1/s1. The highest BCUT2D eigenvalue weighted by atomic mass is 35.5. The van der Waals surface area contributed by atoms with Gasteiger partial charge in [-0.05, 0) is 48.4 Å². The minimum absolute atomic E-state index is 0.0102. The second-order valence-corrected chi connectivity index (χ2v) is 8.06. The topological polar surface area (TPSA) is 49.4 Å². The molecule has 6 heteroatoms. The Morgan fingerprint density at radius 3 is 2.39 bits per heavy atom. The van der Waals surface area contributed by atoms with Crippen molar-refractivity contribution in [3.63, 3.8) is 0 Å². The van der Waals surface area contributed by atoms with Crippen LogP contribution < -0.4 is 5.32 Å². The molecule has 1 atom stereocenters. The first-order valence-corrected chi connectivity index (χ1v) is 10.8. The molecule has 4 nitrogen and oxygen atoms in total. The molecule has 2 amide bonds. The van der Waals surface area contributed by atoms with E-state index in [1.54, 1.807) is 23.7 Å². The third kappa shape index (κ3) is 6.88. The van der Waals surface area contributed by atoms with Gasteiger partial charge in [0.05, 0.1) is 0 Å². The summed E-state index contributed by atoms with van der Waals surface area (Å²) in [6.07, 6.45) is 1.75. The lowest BCUT2D eigenvalue weighted by molar-refractivity contribution is -0.141. The highest BCUT2D eigenvalue weighted by Crippen LogP contribution is 2.22. The fourth-order valence-electron chi connectivity index (χ4n) is 2.95. The molecule has 0 radical (unpaired) electrons. The molecule has 0 saturated heterocycles. The molecular weight excluding hydrogens is 392 g/mol. The van der Waals surface area contributed by atoms with Crippen molar-refractivity contribution in [3.05, 3.63) is 65.2 Å². The molecule has 0 aliphatic carbocycles. The number of carbonyl (C=O) groups is 2. The van der Waals surface area contributed by atoms with Crippen molar-refractivity contribution in [2.45, 2.75) is 43.7 Å². The van der Waals surface area contributed by atoms with E-state index in [1.807, 2.05) is 61.5 Å². The van der Waals surface area contributed by atoms with E-state index in [2.05, 4.69) is 5.32 Å². The fourth-order valence-corrected chi connectivity index (χ4v) is 3.93. The fraction of sp³-hybridized carbons (Fsp3) is 0.364. The summed E-state index contributed by atoms with van der Waals surface area (Å²) < 4.78 is 0. The number of nitrogens with zero attached hydrogens (tertiary/aromatic N) is 1. The zero-order valence-corrected chi connectivity index (χ0v) is 17.9. The summed E-state index contributed by atoms with van der Waals surface area (Å²) >= 11 is 7.61. The number of nitrogens with one attached hydrogen (secondary N) is 1. The van der Waals surface area contributed by atoms with E-state index >= 15 is 0 Å². The van der Waals surface area contributed by atoms with E-state index in [4.69, 9.17) is 11.6 Å². The van der Waals surface area contributed by atoms with Gasteiger partial charge in [-0.2, -0.15) is 0 Å². The van der Waals surface area contributed by atoms with Gasteiger partial charge in [-0.15, -0.1) is 11.8 Å². The molecule has 0 bridgehead atoms. The third-order valence-electron chi connectivity index (χ3n) is 4.45. The van der Waals surface area contributed by atoms with Crippen LogP contribution in [0.3, 0.4) is 0 Å². The number of amides is 2. The number of thioether (sulfide) groups is 1. The van der Waals surface area contributed by atoms with Gasteiger partial charge in [0.2, 0.25) is 11.8 Å². The summed E-state index contributed by atoms with van der Waals surface area (Å²) in [7, 11) is 1.61. The average molecular weight is 419 g/mol. The summed E-state index contributed by atoms with van der Waals surface area (Å²) in [6, 6.07) is 17.0. The Morgan fingerprint density at radius 1 is 1.11 bits per heavy atom. The van der Waals surface area contributed by atoms with Crippen LogP contribution in [0.4, 0.5) is 0 Å². The van der Waals surface area contributed by atoms with E-state index in [1.165, 1.54) is 0 Å².